The van der Waals surface area contributed by atoms with Crippen LogP contribution in [-0.4, -0.2) is 46.5 Å². The van der Waals surface area contributed by atoms with Crippen molar-refractivity contribution in [2.45, 2.75) is 44.1 Å². The lowest BCUT2D eigenvalue weighted by Crippen LogP contribution is -2.42. The lowest BCUT2D eigenvalue weighted by atomic mass is 10.2. The molecule has 2 N–H and O–H groups in total. The third-order valence-corrected chi connectivity index (χ3v) is 5.31. The van der Waals surface area contributed by atoms with Crippen molar-refractivity contribution in [3.8, 4) is 0 Å². The van der Waals surface area contributed by atoms with Crippen LogP contribution in [0, 0.1) is 0 Å². The largest absolute Gasteiger partial charge is 0.382 e. The van der Waals surface area contributed by atoms with Crippen molar-refractivity contribution in [3.05, 3.63) is 33.6 Å². The zero-order valence-electron chi connectivity index (χ0n) is 16.7. The summed E-state index contributed by atoms with van der Waals surface area (Å²) in [5, 5.41) is 5.45. The summed E-state index contributed by atoms with van der Waals surface area (Å²) >= 11 is 7.16. The third kappa shape index (κ3) is 6.45. The molecule has 0 radical (unpaired) electrons. The van der Waals surface area contributed by atoms with Gasteiger partial charge in [-0.05, 0) is 45.4 Å². The van der Waals surface area contributed by atoms with Gasteiger partial charge in [0.25, 0.3) is 5.56 Å². The minimum absolute atomic E-state index is 0.206. The Kier molecular flexibility index (Phi) is 8.94. The first-order valence-electron chi connectivity index (χ1n) is 9.40. The van der Waals surface area contributed by atoms with E-state index >= 15 is 0 Å². The van der Waals surface area contributed by atoms with Crippen LogP contribution in [0.3, 0.4) is 0 Å². The van der Waals surface area contributed by atoms with Crippen LogP contribution in [0.1, 0.15) is 27.2 Å². The summed E-state index contributed by atoms with van der Waals surface area (Å²) in [5.74, 6) is -0.470. The number of carbonyl (C=O) groups excluding carboxylic acids is 2. The number of hydrogen-bond acceptors (Lipinski definition) is 6. The molecule has 29 heavy (non-hydrogen) atoms. The average molecular weight is 441 g/mol. The van der Waals surface area contributed by atoms with Gasteiger partial charge in [0.1, 0.15) is 0 Å². The van der Waals surface area contributed by atoms with Gasteiger partial charge >= 0.3 is 6.03 Å². The normalized spacial score (nSPS) is 12.0. The Hall–Kier alpha value is -2.10. The molecule has 0 fully saturated rings. The maximum Gasteiger partial charge on any atom is 0.321 e. The molecule has 0 bridgehead atoms. The highest BCUT2D eigenvalue weighted by atomic mass is 35.5. The number of thioether (sulfide) groups is 1. The SMILES string of the molecule is CCNC(=O)NC(=O)C(C)Sc1nc2cc(Cl)ccc2c(=O)n1CCCOCC. The van der Waals surface area contributed by atoms with E-state index in [-0.39, 0.29) is 5.56 Å². The fourth-order valence-corrected chi connectivity index (χ4v) is 3.66. The van der Waals surface area contributed by atoms with E-state index < -0.39 is 17.2 Å². The predicted octanol–water partition coefficient (Wildman–Crippen LogP) is 2.80. The van der Waals surface area contributed by atoms with Crippen molar-refractivity contribution >= 4 is 46.2 Å². The molecule has 158 valence electrons. The van der Waals surface area contributed by atoms with E-state index in [4.69, 9.17) is 16.3 Å². The van der Waals surface area contributed by atoms with Crippen LogP contribution in [0.15, 0.2) is 28.2 Å². The molecule has 0 aliphatic rings. The molecular weight excluding hydrogens is 416 g/mol. The third-order valence-electron chi connectivity index (χ3n) is 3.98. The minimum atomic E-state index is -0.640. The molecule has 10 heteroatoms. The molecule has 1 atom stereocenters. The Morgan fingerprint density at radius 1 is 1.34 bits per heavy atom. The standard InChI is InChI=1S/C19H25ClN4O4S/c1-4-21-18(27)23-16(25)12(3)29-19-22-15-11-13(20)7-8-14(15)17(26)24(19)9-6-10-28-5-2/h7-8,11-12H,4-6,9-10H2,1-3H3,(H2,21,23,25,27). The summed E-state index contributed by atoms with van der Waals surface area (Å²) in [6.07, 6.45) is 0.627. The Balaban J connectivity index is 2.31. The fourth-order valence-electron chi connectivity index (χ4n) is 2.56. The fraction of sp³-hybridized carbons (Fsp3) is 0.474. The van der Waals surface area contributed by atoms with Crippen LogP contribution in [-0.2, 0) is 16.1 Å². The van der Waals surface area contributed by atoms with Gasteiger partial charge < -0.3 is 10.1 Å². The molecule has 0 spiro atoms. The van der Waals surface area contributed by atoms with Gasteiger partial charge in [-0.1, -0.05) is 23.4 Å². The number of carbonyl (C=O) groups is 2. The van der Waals surface area contributed by atoms with Gasteiger partial charge in [-0.3, -0.25) is 19.5 Å². The molecule has 1 aromatic carbocycles. The average Bonchev–Trinajstić information content (AvgIpc) is 2.67. The van der Waals surface area contributed by atoms with E-state index in [0.717, 1.165) is 11.8 Å². The zero-order valence-corrected chi connectivity index (χ0v) is 18.2. The van der Waals surface area contributed by atoms with Gasteiger partial charge in [0.2, 0.25) is 5.91 Å². The summed E-state index contributed by atoms with van der Waals surface area (Å²) in [7, 11) is 0. The predicted molar refractivity (Wildman–Crippen MR) is 115 cm³/mol. The first kappa shape index (κ1) is 23.2. The topological polar surface area (TPSA) is 102 Å². The van der Waals surface area contributed by atoms with Crippen molar-refractivity contribution in [2.24, 2.45) is 0 Å². The van der Waals surface area contributed by atoms with Gasteiger partial charge in [0, 0.05) is 31.3 Å². The second-order valence-corrected chi connectivity index (χ2v) is 7.92. The molecular formula is C19H25ClN4O4S. The molecule has 0 saturated carbocycles. The monoisotopic (exact) mass is 440 g/mol. The minimum Gasteiger partial charge on any atom is -0.382 e. The van der Waals surface area contributed by atoms with E-state index in [9.17, 15) is 14.4 Å². The highest BCUT2D eigenvalue weighted by Gasteiger charge is 2.21. The lowest BCUT2D eigenvalue weighted by Gasteiger charge is -2.16. The summed E-state index contributed by atoms with van der Waals surface area (Å²) in [5.41, 5.74) is 0.254. The molecule has 8 nitrogen and oxygen atoms in total. The van der Waals surface area contributed by atoms with Gasteiger partial charge in [-0.25, -0.2) is 9.78 Å². The van der Waals surface area contributed by atoms with Crippen molar-refractivity contribution < 1.29 is 14.3 Å². The van der Waals surface area contributed by atoms with Crippen molar-refractivity contribution in [3.63, 3.8) is 0 Å². The second-order valence-electron chi connectivity index (χ2n) is 6.17. The number of aromatic nitrogens is 2. The maximum absolute atomic E-state index is 13.0. The Labute approximate surface area is 178 Å². The van der Waals surface area contributed by atoms with Crippen molar-refractivity contribution in [2.75, 3.05) is 19.8 Å². The molecule has 3 amide bonds. The number of urea groups is 1. The number of fused-ring (bicyclic) bond motifs is 1. The summed E-state index contributed by atoms with van der Waals surface area (Å²) < 4.78 is 6.89. The molecule has 1 unspecified atom stereocenters. The summed E-state index contributed by atoms with van der Waals surface area (Å²) in [4.78, 5) is 41.4. The smallest absolute Gasteiger partial charge is 0.321 e. The van der Waals surface area contributed by atoms with E-state index in [2.05, 4.69) is 15.6 Å². The first-order valence-corrected chi connectivity index (χ1v) is 10.7. The van der Waals surface area contributed by atoms with Crippen molar-refractivity contribution in [1.29, 1.82) is 0 Å². The lowest BCUT2D eigenvalue weighted by molar-refractivity contribution is -0.119. The number of hydrogen-bond donors (Lipinski definition) is 2. The van der Waals surface area contributed by atoms with Crippen molar-refractivity contribution in [1.82, 2.24) is 20.2 Å². The molecule has 0 saturated heterocycles. The quantitative estimate of drug-likeness (QED) is 0.353. The van der Waals surface area contributed by atoms with Crippen LogP contribution in [0.4, 0.5) is 4.79 Å². The molecule has 2 rings (SSSR count). The highest BCUT2D eigenvalue weighted by molar-refractivity contribution is 8.00. The van der Waals surface area contributed by atoms with Gasteiger partial charge in [-0.15, -0.1) is 0 Å². The van der Waals surface area contributed by atoms with Gasteiger partial charge in [0.05, 0.1) is 16.2 Å². The van der Waals surface area contributed by atoms with E-state index in [1.807, 2.05) is 6.92 Å². The highest BCUT2D eigenvalue weighted by Crippen LogP contribution is 2.24. The summed E-state index contributed by atoms with van der Waals surface area (Å²) in [6.45, 7) is 7.24. The summed E-state index contributed by atoms with van der Waals surface area (Å²) in [6, 6.07) is 4.35. The van der Waals surface area contributed by atoms with Crippen LogP contribution in [0.2, 0.25) is 5.02 Å². The molecule has 0 aliphatic carbocycles. The maximum atomic E-state index is 13.0. The number of ether oxygens (including phenoxy) is 1. The van der Waals surface area contributed by atoms with Crippen LogP contribution < -0.4 is 16.2 Å². The molecule has 0 aliphatic heterocycles. The van der Waals surface area contributed by atoms with Gasteiger partial charge in [-0.2, -0.15) is 0 Å². The number of imide groups is 1. The van der Waals surface area contributed by atoms with Gasteiger partial charge in [0.15, 0.2) is 5.16 Å². The second kappa shape index (κ2) is 11.2. The number of rotatable bonds is 9. The number of halogens is 1. The molecule has 1 heterocycles. The number of amides is 3. The first-order chi connectivity index (χ1) is 13.9. The number of nitrogens with one attached hydrogen (secondary N) is 2. The van der Waals surface area contributed by atoms with E-state index in [1.54, 1.807) is 32.0 Å². The van der Waals surface area contributed by atoms with Crippen LogP contribution in [0.25, 0.3) is 10.9 Å². The Morgan fingerprint density at radius 2 is 2.10 bits per heavy atom. The number of nitrogens with zero attached hydrogens (tertiary/aromatic N) is 2. The van der Waals surface area contributed by atoms with Crippen LogP contribution >= 0.6 is 23.4 Å². The zero-order chi connectivity index (χ0) is 21.4. The Morgan fingerprint density at radius 3 is 2.79 bits per heavy atom. The Bertz CT molecular complexity index is 934. The van der Waals surface area contributed by atoms with E-state index in [0.29, 0.717) is 53.8 Å². The van der Waals surface area contributed by atoms with Crippen LogP contribution in [0.5, 0.6) is 0 Å². The number of benzene rings is 1. The van der Waals surface area contributed by atoms with E-state index in [1.165, 1.54) is 4.57 Å². The molecule has 2 aromatic rings. The molecule has 1 aromatic heterocycles.